The van der Waals surface area contributed by atoms with Gasteiger partial charge in [0.1, 0.15) is 0 Å². The van der Waals surface area contributed by atoms with Crippen molar-refractivity contribution in [3.05, 3.63) is 29.3 Å². The van der Waals surface area contributed by atoms with Crippen molar-refractivity contribution >= 4 is 16.0 Å². The van der Waals surface area contributed by atoms with Gasteiger partial charge in [0.2, 0.25) is 0 Å². The lowest BCUT2D eigenvalue weighted by molar-refractivity contribution is 0.173. The number of hydrogen-bond donors (Lipinski definition) is 2. The molecule has 0 amide bonds. The smallest absolute Gasteiger partial charge is 0.359 e. The van der Waals surface area contributed by atoms with Crippen molar-refractivity contribution in [2.45, 2.75) is 33.3 Å². The van der Waals surface area contributed by atoms with Gasteiger partial charge in [0.15, 0.2) is 0 Å². The Morgan fingerprint density at radius 3 is 2.39 bits per heavy atom. The molecule has 0 aromatic heterocycles. The van der Waals surface area contributed by atoms with Crippen LogP contribution in [0.5, 0.6) is 0 Å². The zero-order chi connectivity index (χ0) is 13.9. The van der Waals surface area contributed by atoms with Crippen LogP contribution in [0, 0.1) is 6.92 Å². The highest BCUT2D eigenvalue weighted by atomic mass is 32.2. The summed E-state index contributed by atoms with van der Waals surface area (Å²) in [6.07, 6.45) is -0.280. The summed E-state index contributed by atoms with van der Waals surface area (Å²) in [5, 5.41) is 10.00. The van der Waals surface area contributed by atoms with E-state index in [9.17, 15) is 18.1 Å². The summed E-state index contributed by atoms with van der Waals surface area (Å²) >= 11 is 0. The third kappa shape index (κ3) is 3.01. The van der Waals surface area contributed by atoms with Crippen molar-refractivity contribution in [3.63, 3.8) is 0 Å². The Balaban J connectivity index is 3.44. The van der Waals surface area contributed by atoms with E-state index < -0.39 is 16.4 Å². The molecule has 1 unspecified atom stereocenters. The van der Waals surface area contributed by atoms with Gasteiger partial charge in [-0.25, -0.2) is 4.31 Å². The van der Waals surface area contributed by atoms with Gasteiger partial charge in [-0.15, -0.1) is 0 Å². The number of aliphatic hydroxyl groups excluding tert-OH is 1. The largest absolute Gasteiger partial charge is 0.388 e. The molecular weight excluding hydrogens is 254 g/mol. The number of benzene rings is 1. The topological polar surface area (TPSA) is 77.8 Å². The number of nitrogens with zero attached hydrogens (tertiary/aromatic N) is 1. The molecule has 1 aromatic carbocycles. The van der Waals surface area contributed by atoms with E-state index >= 15 is 0 Å². The van der Waals surface area contributed by atoms with E-state index in [1.165, 1.54) is 0 Å². The Kier molecular flexibility index (Phi) is 4.72. The van der Waals surface area contributed by atoms with Gasteiger partial charge < -0.3 is 5.11 Å². The van der Waals surface area contributed by atoms with Crippen LogP contribution in [0.1, 0.15) is 37.5 Å². The van der Waals surface area contributed by atoms with E-state index in [0.29, 0.717) is 17.7 Å². The fourth-order valence-corrected chi connectivity index (χ4v) is 2.71. The predicted octanol–water partition coefficient (Wildman–Crippen LogP) is 2.07. The molecule has 0 aliphatic rings. The van der Waals surface area contributed by atoms with Gasteiger partial charge in [0.05, 0.1) is 11.8 Å². The third-order valence-corrected chi connectivity index (χ3v) is 3.87. The normalized spacial score (nSPS) is 13.4. The van der Waals surface area contributed by atoms with Crippen LogP contribution in [-0.4, -0.2) is 24.6 Å². The summed E-state index contributed by atoms with van der Waals surface area (Å²) in [7, 11) is -4.33. The van der Waals surface area contributed by atoms with Crippen LogP contribution in [0.3, 0.4) is 0 Å². The maximum Gasteiger partial charge on any atom is 0.359 e. The fourth-order valence-electron chi connectivity index (χ4n) is 1.98. The minimum atomic E-state index is -4.33. The highest BCUT2D eigenvalue weighted by Crippen LogP contribution is 2.32. The van der Waals surface area contributed by atoms with E-state index in [1.54, 1.807) is 32.0 Å². The van der Waals surface area contributed by atoms with Crippen LogP contribution in [0.25, 0.3) is 0 Å². The lowest BCUT2D eigenvalue weighted by atomic mass is 9.99. The highest BCUT2D eigenvalue weighted by Gasteiger charge is 2.23. The molecule has 0 saturated carbocycles. The molecule has 0 aliphatic carbocycles. The molecule has 0 fully saturated rings. The quantitative estimate of drug-likeness (QED) is 0.805. The van der Waals surface area contributed by atoms with Crippen molar-refractivity contribution in [1.29, 1.82) is 0 Å². The average molecular weight is 273 g/mol. The molecule has 1 rings (SSSR count). The summed E-state index contributed by atoms with van der Waals surface area (Å²) in [5.41, 5.74) is 1.66. The Morgan fingerprint density at radius 2 is 1.94 bits per heavy atom. The summed E-state index contributed by atoms with van der Waals surface area (Å²) in [6, 6.07) is 5.08. The standard InChI is InChI=1S/C12H19NO4S/c1-4-11(14)12-9(3)7-6-8-10(12)13(5-2)18(15,16)17/h6-8,11,14H,4-5H2,1-3H3,(H,15,16,17). The van der Waals surface area contributed by atoms with E-state index in [0.717, 1.165) is 9.87 Å². The molecule has 0 heterocycles. The predicted molar refractivity (Wildman–Crippen MR) is 71.0 cm³/mol. The van der Waals surface area contributed by atoms with E-state index in [1.807, 2.05) is 6.92 Å². The van der Waals surface area contributed by atoms with Crippen LogP contribution in [0.15, 0.2) is 18.2 Å². The number of aliphatic hydroxyl groups is 1. The zero-order valence-corrected chi connectivity index (χ0v) is 11.6. The molecule has 0 radical (unpaired) electrons. The van der Waals surface area contributed by atoms with Crippen molar-refractivity contribution in [2.24, 2.45) is 0 Å². The Hall–Kier alpha value is -1.11. The zero-order valence-electron chi connectivity index (χ0n) is 10.8. The van der Waals surface area contributed by atoms with Crippen LogP contribution in [0.2, 0.25) is 0 Å². The van der Waals surface area contributed by atoms with Crippen LogP contribution in [-0.2, 0) is 10.3 Å². The first-order chi connectivity index (χ1) is 8.32. The monoisotopic (exact) mass is 273 g/mol. The van der Waals surface area contributed by atoms with Crippen molar-refractivity contribution in [3.8, 4) is 0 Å². The van der Waals surface area contributed by atoms with Gasteiger partial charge >= 0.3 is 10.3 Å². The first-order valence-electron chi connectivity index (χ1n) is 5.85. The second kappa shape index (κ2) is 5.69. The Labute approximate surface area is 108 Å². The lowest BCUT2D eigenvalue weighted by Gasteiger charge is -2.25. The molecule has 18 heavy (non-hydrogen) atoms. The van der Waals surface area contributed by atoms with E-state index in [2.05, 4.69) is 0 Å². The van der Waals surface area contributed by atoms with Gasteiger partial charge in [-0.05, 0) is 31.9 Å². The van der Waals surface area contributed by atoms with Gasteiger partial charge in [0.25, 0.3) is 0 Å². The molecule has 5 nitrogen and oxygen atoms in total. The molecule has 0 saturated heterocycles. The Morgan fingerprint density at radius 1 is 1.33 bits per heavy atom. The molecule has 0 spiro atoms. The minimum Gasteiger partial charge on any atom is -0.388 e. The summed E-state index contributed by atoms with van der Waals surface area (Å²) in [5.74, 6) is 0. The number of rotatable bonds is 5. The van der Waals surface area contributed by atoms with Crippen LogP contribution < -0.4 is 4.31 Å². The second-order valence-corrected chi connectivity index (χ2v) is 5.41. The van der Waals surface area contributed by atoms with Gasteiger partial charge in [-0.2, -0.15) is 8.42 Å². The van der Waals surface area contributed by atoms with Crippen LogP contribution >= 0.6 is 0 Å². The summed E-state index contributed by atoms with van der Waals surface area (Å²) in [4.78, 5) is 0. The molecule has 0 aliphatic heterocycles. The molecular formula is C12H19NO4S. The second-order valence-electron chi connectivity index (χ2n) is 4.07. The fraction of sp³-hybridized carbons (Fsp3) is 0.500. The highest BCUT2D eigenvalue weighted by molar-refractivity contribution is 7.87. The van der Waals surface area contributed by atoms with Crippen molar-refractivity contribution in [1.82, 2.24) is 0 Å². The van der Waals surface area contributed by atoms with Gasteiger partial charge in [-0.1, -0.05) is 19.1 Å². The SMILES string of the molecule is CCC(O)c1c(C)cccc1N(CC)S(=O)(=O)O. The van der Waals surface area contributed by atoms with Crippen LogP contribution in [0.4, 0.5) is 5.69 Å². The van der Waals surface area contributed by atoms with E-state index in [-0.39, 0.29) is 6.54 Å². The first-order valence-corrected chi connectivity index (χ1v) is 7.25. The molecule has 6 heteroatoms. The molecule has 2 N–H and O–H groups in total. The number of aryl methyl sites for hydroxylation is 1. The first kappa shape index (κ1) is 14.9. The van der Waals surface area contributed by atoms with E-state index in [4.69, 9.17) is 0 Å². The van der Waals surface area contributed by atoms with Gasteiger partial charge in [0, 0.05) is 12.1 Å². The van der Waals surface area contributed by atoms with Crippen molar-refractivity contribution < 1.29 is 18.1 Å². The lowest BCUT2D eigenvalue weighted by Crippen LogP contribution is -2.31. The summed E-state index contributed by atoms with van der Waals surface area (Å²) in [6.45, 7) is 5.34. The third-order valence-electron chi connectivity index (χ3n) is 2.86. The van der Waals surface area contributed by atoms with Crippen molar-refractivity contribution in [2.75, 3.05) is 10.8 Å². The molecule has 0 bridgehead atoms. The minimum absolute atomic E-state index is 0.103. The molecule has 1 aromatic rings. The molecule has 1 atom stereocenters. The van der Waals surface area contributed by atoms with Gasteiger partial charge in [-0.3, -0.25) is 4.55 Å². The average Bonchev–Trinajstić information content (AvgIpc) is 2.27. The maximum atomic E-state index is 11.3. The Bertz CT molecular complexity index is 513. The summed E-state index contributed by atoms with van der Waals surface area (Å²) < 4.78 is 32.8. The maximum absolute atomic E-state index is 11.3. The molecule has 102 valence electrons. The number of anilines is 1. The number of hydrogen-bond acceptors (Lipinski definition) is 3.